The van der Waals surface area contributed by atoms with Crippen molar-refractivity contribution in [1.29, 1.82) is 0 Å². The second-order valence-corrected chi connectivity index (χ2v) is 6.37. The van der Waals surface area contributed by atoms with Gasteiger partial charge in [-0.3, -0.25) is 14.4 Å². The van der Waals surface area contributed by atoms with Crippen molar-refractivity contribution in [2.45, 2.75) is 19.9 Å². The van der Waals surface area contributed by atoms with Crippen molar-refractivity contribution in [3.8, 4) is 0 Å². The van der Waals surface area contributed by atoms with E-state index in [2.05, 4.69) is 5.10 Å². The standard InChI is InChI=1S/C19H21FN4O3/c1-2-8-24-17(25)7-6-16(21-24)19(27)23-11-9-22(10-12-23)18(26)14-4-3-5-15(20)13-14/h3-7,13H,2,8-12H2,1H3. The highest BCUT2D eigenvalue weighted by Gasteiger charge is 2.26. The molecule has 0 radical (unpaired) electrons. The first kappa shape index (κ1) is 18.8. The quantitative estimate of drug-likeness (QED) is 0.813. The molecule has 1 aliphatic rings. The number of amides is 2. The molecular weight excluding hydrogens is 351 g/mol. The van der Waals surface area contributed by atoms with Gasteiger partial charge in [-0.1, -0.05) is 13.0 Å². The zero-order valence-electron chi connectivity index (χ0n) is 15.1. The predicted octanol–water partition coefficient (Wildman–Crippen LogP) is 1.39. The highest BCUT2D eigenvalue weighted by Crippen LogP contribution is 2.12. The van der Waals surface area contributed by atoms with Crippen LogP contribution in [0.15, 0.2) is 41.2 Å². The zero-order chi connectivity index (χ0) is 19.4. The molecule has 1 aromatic heterocycles. The van der Waals surface area contributed by atoms with Crippen LogP contribution < -0.4 is 5.56 Å². The number of carbonyl (C=O) groups is 2. The Hall–Kier alpha value is -3.03. The molecule has 1 aliphatic heterocycles. The van der Waals surface area contributed by atoms with Gasteiger partial charge in [0, 0.05) is 44.4 Å². The molecular formula is C19H21FN4O3. The third kappa shape index (κ3) is 4.21. The smallest absolute Gasteiger partial charge is 0.274 e. The summed E-state index contributed by atoms with van der Waals surface area (Å²) < 4.78 is 14.6. The minimum absolute atomic E-state index is 0.216. The van der Waals surface area contributed by atoms with E-state index >= 15 is 0 Å². The molecule has 1 saturated heterocycles. The SMILES string of the molecule is CCCn1nc(C(=O)N2CCN(C(=O)c3cccc(F)c3)CC2)ccc1=O. The number of halogens is 1. The minimum Gasteiger partial charge on any atom is -0.335 e. The zero-order valence-corrected chi connectivity index (χ0v) is 15.1. The number of rotatable bonds is 4. The first-order valence-corrected chi connectivity index (χ1v) is 8.92. The summed E-state index contributed by atoms with van der Waals surface area (Å²) in [6.07, 6.45) is 0.741. The van der Waals surface area contributed by atoms with E-state index in [0.717, 1.165) is 6.42 Å². The van der Waals surface area contributed by atoms with E-state index in [9.17, 15) is 18.8 Å². The van der Waals surface area contributed by atoms with Crippen LogP contribution in [0, 0.1) is 5.82 Å². The molecule has 0 saturated carbocycles. The molecule has 2 heterocycles. The van der Waals surface area contributed by atoms with E-state index in [1.54, 1.807) is 15.9 Å². The first-order valence-electron chi connectivity index (χ1n) is 8.92. The summed E-state index contributed by atoms with van der Waals surface area (Å²) in [6.45, 7) is 3.81. The summed E-state index contributed by atoms with van der Waals surface area (Å²) in [5.41, 5.74) is 0.273. The number of piperazine rings is 1. The first-order chi connectivity index (χ1) is 13.0. The fourth-order valence-electron chi connectivity index (χ4n) is 3.01. The number of hydrogen-bond acceptors (Lipinski definition) is 4. The summed E-state index contributed by atoms with van der Waals surface area (Å²) in [5.74, 6) is -0.975. The van der Waals surface area contributed by atoms with Gasteiger partial charge in [0.25, 0.3) is 17.4 Å². The fraction of sp³-hybridized carbons (Fsp3) is 0.368. The highest BCUT2D eigenvalue weighted by molar-refractivity contribution is 5.95. The summed E-state index contributed by atoms with van der Waals surface area (Å²) in [4.78, 5) is 40.1. The van der Waals surface area contributed by atoms with Gasteiger partial charge in [0.15, 0.2) is 0 Å². The molecule has 7 nitrogen and oxygen atoms in total. The molecule has 0 atom stereocenters. The van der Waals surface area contributed by atoms with Crippen molar-refractivity contribution in [1.82, 2.24) is 19.6 Å². The topological polar surface area (TPSA) is 75.5 Å². The average molecular weight is 372 g/mol. The Morgan fingerprint density at radius 1 is 1.04 bits per heavy atom. The van der Waals surface area contributed by atoms with Crippen molar-refractivity contribution in [2.75, 3.05) is 26.2 Å². The van der Waals surface area contributed by atoms with E-state index in [4.69, 9.17) is 0 Å². The second-order valence-electron chi connectivity index (χ2n) is 6.37. The lowest BCUT2D eigenvalue weighted by Crippen LogP contribution is -2.51. The Labute approximate surface area is 156 Å². The Bertz CT molecular complexity index is 904. The highest BCUT2D eigenvalue weighted by atomic mass is 19.1. The Balaban J connectivity index is 1.65. The van der Waals surface area contributed by atoms with Crippen molar-refractivity contribution in [2.24, 2.45) is 0 Å². The van der Waals surface area contributed by atoms with Gasteiger partial charge in [0.05, 0.1) is 0 Å². The van der Waals surface area contributed by atoms with Crippen LogP contribution in [0.3, 0.4) is 0 Å². The van der Waals surface area contributed by atoms with Gasteiger partial charge in [-0.05, 0) is 30.7 Å². The number of aromatic nitrogens is 2. The van der Waals surface area contributed by atoms with Gasteiger partial charge >= 0.3 is 0 Å². The van der Waals surface area contributed by atoms with Crippen LogP contribution in [0.2, 0.25) is 0 Å². The molecule has 0 aliphatic carbocycles. The van der Waals surface area contributed by atoms with Gasteiger partial charge in [-0.15, -0.1) is 0 Å². The summed E-state index contributed by atoms with van der Waals surface area (Å²) in [6, 6.07) is 8.35. The molecule has 3 rings (SSSR count). The third-order valence-corrected chi connectivity index (χ3v) is 4.45. The maximum absolute atomic E-state index is 13.3. The van der Waals surface area contributed by atoms with E-state index in [1.165, 1.54) is 35.0 Å². The summed E-state index contributed by atoms with van der Waals surface area (Å²) in [7, 11) is 0. The van der Waals surface area contributed by atoms with E-state index in [0.29, 0.717) is 38.3 Å². The lowest BCUT2D eigenvalue weighted by atomic mass is 10.1. The van der Waals surface area contributed by atoms with Crippen LogP contribution in [0.1, 0.15) is 34.2 Å². The van der Waals surface area contributed by atoms with E-state index < -0.39 is 5.82 Å². The molecule has 142 valence electrons. The second kappa shape index (κ2) is 8.11. The van der Waals surface area contributed by atoms with Gasteiger partial charge in [0.2, 0.25) is 0 Å². The Kier molecular flexibility index (Phi) is 5.63. The number of nitrogens with zero attached hydrogens (tertiary/aromatic N) is 4. The largest absolute Gasteiger partial charge is 0.335 e. The van der Waals surface area contributed by atoms with Gasteiger partial charge in [-0.25, -0.2) is 9.07 Å². The monoisotopic (exact) mass is 372 g/mol. The van der Waals surface area contributed by atoms with E-state index in [-0.39, 0.29) is 23.1 Å². The van der Waals surface area contributed by atoms with Crippen LogP contribution >= 0.6 is 0 Å². The lowest BCUT2D eigenvalue weighted by molar-refractivity contribution is 0.0530. The third-order valence-electron chi connectivity index (χ3n) is 4.45. The maximum Gasteiger partial charge on any atom is 0.274 e. The molecule has 2 aromatic rings. The normalized spacial score (nSPS) is 14.3. The van der Waals surface area contributed by atoms with Gasteiger partial charge < -0.3 is 9.80 Å². The minimum atomic E-state index is -0.456. The lowest BCUT2D eigenvalue weighted by Gasteiger charge is -2.34. The molecule has 2 amide bonds. The van der Waals surface area contributed by atoms with Crippen LogP contribution in [-0.4, -0.2) is 57.6 Å². The molecule has 1 aromatic carbocycles. The van der Waals surface area contributed by atoms with Crippen molar-refractivity contribution < 1.29 is 14.0 Å². The van der Waals surface area contributed by atoms with Crippen LogP contribution in [0.25, 0.3) is 0 Å². The van der Waals surface area contributed by atoms with Crippen LogP contribution in [-0.2, 0) is 6.54 Å². The molecule has 0 N–H and O–H groups in total. The molecule has 0 bridgehead atoms. The van der Waals surface area contributed by atoms with Crippen molar-refractivity contribution in [3.05, 3.63) is 63.8 Å². The Morgan fingerprint density at radius 3 is 2.33 bits per heavy atom. The number of hydrogen-bond donors (Lipinski definition) is 0. The molecule has 8 heteroatoms. The summed E-state index contributed by atoms with van der Waals surface area (Å²) in [5, 5.41) is 4.14. The van der Waals surface area contributed by atoms with Crippen LogP contribution in [0.4, 0.5) is 4.39 Å². The predicted molar refractivity (Wildman–Crippen MR) is 97.0 cm³/mol. The Morgan fingerprint density at radius 2 is 1.70 bits per heavy atom. The maximum atomic E-state index is 13.3. The molecule has 0 spiro atoms. The van der Waals surface area contributed by atoms with Gasteiger partial charge in [0.1, 0.15) is 11.5 Å². The summed E-state index contributed by atoms with van der Waals surface area (Å²) >= 11 is 0. The average Bonchev–Trinajstić information content (AvgIpc) is 2.69. The molecule has 27 heavy (non-hydrogen) atoms. The van der Waals surface area contributed by atoms with Crippen molar-refractivity contribution >= 4 is 11.8 Å². The van der Waals surface area contributed by atoms with Crippen molar-refractivity contribution in [3.63, 3.8) is 0 Å². The van der Waals surface area contributed by atoms with E-state index in [1.807, 2.05) is 6.92 Å². The van der Waals surface area contributed by atoms with Gasteiger partial charge in [-0.2, -0.15) is 5.10 Å². The number of aryl methyl sites for hydroxylation is 1. The van der Waals surface area contributed by atoms with Crippen LogP contribution in [0.5, 0.6) is 0 Å². The number of benzene rings is 1. The molecule has 0 unspecified atom stereocenters. The molecule has 1 fully saturated rings. The fourth-order valence-corrected chi connectivity index (χ4v) is 3.01. The number of carbonyl (C=O) groups excluding carboxylic acids is 2.